The Kier molecular flexibility index (Phi) is 6.22. The van der Waals surface area contributed by atoms with Crippen molar-refractivity contribution in [3.63, 3.8) is 0 Å². The number of amides is 1. The Labute approximate surface area is 153 Å². The number of carbonyl (C=O) groups excluding carboxylic acids is 1. The van der Waals surface area contributed by atoms with Crippen LogP contribution in [0.5, 0.6) is 5.75 Å². The summed E-state index contributed by atoms with van der Waals surface area (Å²) in [7, 11) is 1.66. The van der Waals surface area contributed by atoms with Crippen molar-refractivity contribution in [3.05, 3.63) is 41.6 Å². The van der Waals surface area contributed by atoms with Gasteiger partial charge in [-0.05, 0) is 18.1 Å². The van der Waals surface area contributed by atoms with Gasteiger partial charge >= 0.3 is 0 Å². The number of methoxy groups -OCH3 is 1. The van der Waals surface area contributed by atoms with Crippen LogP contribution in [0.25, 0.3) is 0 Å². The highest BCUT2D eigenvalue weighted by Crippen LogP contribution is 2.19. The van der Waals surface area contributed by atoms with Gasteiger partial charge in [0.15, 0.2) is 0 Å². The Bertz CT molecular complexity index is 723. The monoisotopic (exact) mass is 358 g/mol. The van der Waals surface area contributed by atoms with Gasteiger partial charge in [-0.25, -0.2) is 0 Å². The Morgan fingerprint density at radius 3 is 2.62 bits per heavy atom. The molecule has 7 heteroatoms. The molecule has 1 amide bonds. The molecule has 1 saturated heterocycles. The summed E-state index contributed by atoms with van der Waals surface area (Å²) in [5.74, 6) is 2.34. The number of ether oxygens (including phenoxy) is 1. The van der Waals surface area contributed by atoms with Crippen LogP contribution in [0.1, 0.15) is 23.8 Å². The van der Waals surface area contributed by atoms with E-state index in [1.807, 2.05) is 29.2 Å². The van der Waals surface area contributed by atoms with Crippen LogP contribution in [0.3, 0.4) is 0 Å². The molecule has 1 aromatic carbocycles. The standard InChI is InChI=1S/C19H26N4O3/c1-15-20-21-18(26-15)9-10-22-11-13-23(14-12-22)19(24)8-7-16-5-3-4-6-17(16)25-2/h3-6H,7-14H2,1-2H3. The van der Waals surface area contributed by atoms with E-state index in [1.165, 1.54) is 0 Å². The first-order chi connectivity index (χ1) is 12.7. The van der Waals surface area contributed by atoms with E-state index in [2.05, 4.69) is 15.1 Å². The Balaban J connectivity index is 1.40. The molecule has 0 unspecified atom stereocenters. The molecule has 26 heavy (non-hydrogen) atoms. The van der Waals surface area contributed by atoms with Crippen LogP contribution in [0.15, 0.2) is 28.7 Å². The zero-order valence-corrected chi connectivity index (χ0v) is 15.5. The molecule has 7 nitrogen and oxygen atoms in total. The van der Waals surface area contributed by atoms with Gasteiger partial charge in [-0.15, -0.1) is 10.2 Å². The Hall–Kier alpha value is -2.41. The van der Waals surface area contributed by atoms with Crippen molar-refractivity contribution in [2.24, 2.45) is 0 Å². The second-order valence-electron chi connectivity index (χ2n) is 6.50. The van der Waals surface area contributed by atoms with E-state index in [0.29, 0.717) is 24.6 Å². The molecular weight excluding hydrogens is 332 g/mol. The quantitative estimate of drug-likeness (QED) is 0.750. The first-order valence-corrected chi connectivity index (χ1v) is 9.06. The van der Waals surface area contributed by atoms with Crippen LogP contribution in [0, 0.1) is 6.92 Å². The lowest BCUT2D eigenvalue weighted by Gasteiger charge is -2.34. The first-order valence-electron chi connectivity index (χ1n) is 9.06. The number of benzene rings is 1. The predicted octanol–water partition coefficient (Wildman–Crippen LogP) is 1.71. The maximum absolute atomic E-state index is 12.5. The molecule has 0 N–H and O–H groups in total. The average Bonchev–Trinajstić information content (AvgIpc) is 3.10. The number of hydrogen-bond acceptors (Lipinski definition) is 6. The highest BCUT2D eigenvalue weighted by molar-refractivity contribution is 5.76. The molecule has 0 saturated carbocycles. The van der Waals surface area contributed by atoms with Gasteiger partial charge in [0.25, 0.3) is 0 Å². The molecule has 1 aromatic heterocycles. The highest BCUT2D eigenvalue weighted by atomic mass is 16.5. The van der Waals surface area contributed by atoms with Gasteiger partial charge in [0.05, 0.1) is 7.11 Å². The summed E-state index contributed by atoms with van der Waals surface area (Å²) in [6.45, 7) is 5.99. The normalized spacial score (nSPS) is 15.2. The maximum atomic E-state index is 12.5. The summed E-state index contributed by atoms with van der Waals surface area (Å²) in [6.07, 6.45) is 1.98. The van der Waals surface area contributed by atoms with Gasteiger partial charge in [0.1, 0.15) is 5.75 Å². The van der Waals surface area contributed by atoms with Gasteiger partial charge in [-0.3, -0.25) is 9.69 Å². The summed E-state index contributed by atoms with van der Waals surface area (Å²) in [4.78, 5) is 16.8. The summed E-state index contributed by atoms with van der Waals surface area (Å²) >= 11 is 0. The van der Waals surface area contributed by atoms with Crippen LogP contribution in [0.2, 0.25) is 0 Å². The lowest BCUT2D eigenvalue weighted by molar-refractivity contribution is -0.132. The zero-order chi connectivity index (χ0) is 18.4. The van der Waals surface area contributed by atoms with Crippen molar-refractivity contribution in [2.75, 3.05) is 39.8 Å². The first kappa shape index (κ1) is 18.4. The fourth-order valence-electron chi connectivity index (χ4n) is 3.22. The highest BCUT2D eigenvalue weighted by Gasteiger charge is 2.21. The minimum atomic E-state index is 0.211. The topological polar surface area (TPSA) is 71.7 Å². The number of para-hydroxylation sites is 1. The van der Waals surface area contributed by atoms with Crippen molar-refractivity contribution < 1.29 is 13.9 Å². The van der Waals surface area contributed by atoms with E-state index in [4.69, 9.17) is 9.15 Å². The maximum Gasteiger partial charge on any atom is 0.222 e. The molecule has 3 rings (SSSR count). The number of rotatable bonds is 7. The summed E-state index contributed by atoms with van der Waals surface area (Å²) in [6, 6.07) is 7.87. The summed E-state index contributed by atoms with van der Waals surface area (Å²) in [5.41, 5.74) is 1.08. The molecule has 0 aliphatic carbocycles. The second-order valence-corrected chi connectivity index (χ2v) is 6.50. The number of piperazine rings is 1. The van der Waals surface area contributed by atoms with E-state index in [1.54, 1.807) is 14.0 Å². The molecule has 1 aliphatic rings. The third-order valence-corrected chi connectivity index (χ3v) is 4.74. The summed E-state index contributed by atoms with van der Waals surface area (Å²) in [5, 5.41) is 7.87. The molecule has 1 fully saturated rings. The molecule has 0 bridgehead atoms. The number of nitrogens with zero attached hydrogens (tertiary/aromatic N) is 4. The predicted molar refractivity (Wildman–Crippen MR) is 97.1 cm³/mol. The molecule has 2 aromatic rings. The Morgan fingerprint density at radius 2 is 1.92 bits per heavy atom. The average molecular weight is 358 g/mol. The van der Waals surface area contributed by atoms with E-state index in [9.17, 15) is 4.79 Å². The van der Waals surface area contributed by atoms with Crippen molar-refractivity contribution in [1.29, 1.82) is 0 Å². The smallest absolute Gasteiger partial charge is 0.222 e. The lowest BCUT2D eigenvalue weighted by Crippen LogP contribution is -2.49. The van der Waals surface area contributed by atoms with Crippen LogP contribution in [-0.4, -0.2) is 65.7 Å². The molecule has 0 spiro atoms. The SMILES string of the molecule is COc1ccccc1CCC(=O)N1CCN(CCc2nnc(C)o2)CC1. The number of aryl methyl sites for hydroxylation is 2. The molecule has 1 aliphatic heterocycles. The zero-order valence-electron chi connectivity index (χ0n) is 15.5. The third-order valence-electron chi connectivity index (χ3n) is 4.74. The van der Waals surface area contributed by atoms with Gasteiger partial charge in [0, 0.05) is 52.5 Å². The van der Waals surface area contributed by atoms with Crippen molar-refractivity contribution in [2.45, 2.75) is 26.2 Å². The van der Waals surface area contributed by atoms with Gasteiger partial charge in [-0.1, -0.05) is 18.2 Å². The van der Waals surface area contributed by atoms with Crippen LogP contribution in [0.4, 0.5) is 0 Å². The van der Waals surface area contributed by atoms with Crippen LogP contribution < -0.4 is 4.74 Å². The van der Waals surface area contributed by atoms with Crippen molar-refractivity contribution in [3.8, 4) is 5.75 Å². The fraction of sp³-hybridized carbons (Fsp3) is 0.526. The van der Waals surface area contributed by atoms with E-state index < -0.39 is 0 Å². The fourth-order valence-corrected chi connectivity index (χ4v) is 3.22. The largest absolute Gasteiger partial charge is 0.496 e. The van der Waals surface area contributed by atoms with Gasteiger partial charge in [-0.2, -0.15) is 0 Å². The van der Waals surface area contributed by atoms with Crippen LogP contribution >= 0.6 is 0 Å². The number of carbonyl (C=O) groups is 1. The van der Waals surface area contributed by atoms with Crippen LogP contribution in [-0.2, 0) is 17.6 Å². The molecular formula is C19H26N4O3. The second kappa shape index (κ2) is 8.80. The van der Waals surface area contributed by atoms with Gasteiger partial charge in [0.2, 0.25) is 17.7 Å². The minimum absolute atomic E-state index is 0.211. The third kappa shape index (κ3) is 4.82. The van der Waals surface area contributed by atoms with E-state index in [0.717, 1.165) is 50.5 Å². The minimum Gasteiger partial charge on any atom is -0.496 e. The lowest BCUT2D eigenvalue weighted by atomic mass is 10.1. The molecule has 0 radical (unpaired) electrons. The van der Waals surface area contributed by atoms with Crippen molar-refractivity contribution >= 4 is 5.91 Å². The molecule has 0 atom stereocenters. The Morgan fingerprint density at radius 1 is 1.15 bits per heavy atom. The van der Waals surface area contributed by atoms with E-state index >= 15 is 0 Å². The summed E-state index contributed by atoms with van der Waals surface area (Å²) < 4.78 is 10.8. The van der Waals surface area contributed by atoms with Crippen molar-refractivity contribution in [1.82, 2.24) is 20.0 Å². The molecule has 140 valence electrons. The molecule has 2 heterocycles. The van der Waals surface area contributed by atoms with Gasteiger partial charge < -0.3 is 14.1 Å². The number of hydrogen-bond donors (Lipinski definition) is 0. The van der Waals surface area contributed by atoms with E-state index in [-0.39, 0.29) is 5.91 Å². The number of aromatic nitrogens is 2.